The minimum absolute atomic E-state index is 0.00165. The highest BCUT2D eigenvalue weighted by Gasteiger charge is 2.37. The molecule has 4 rings (SSSR count). The lowest BCUT2D eigenvalue weighted by Crippen LogP contribution is -2.54. The maximum Gasteiger partial charge on any atom is 0.335 e. The zero-order valence-electron chi connectivity index (χ0n) is 18.1. The van der Waals surface area contributed by atoms with Gasteiger partial charge in [-0.15, -0.1) is 0 Å². The van der Waals surface area contributed by atoms with Crippen molar-refractivity contribution in [2.45, 2.75) is 13.3 Å². The number of hydrogen-bond acceptors (Lipinski definition) is 8. The van der Waals surface area contributed by atoms with Crippen LogP contribution in [0.1, 0.15) is 18.2 Å². The molecule has 0 spiro atoms. The Hall–Kier alpha value is -5.13. The molecular formula is C23H16N4O8. The van der Waals surface area contributed by atoms with E-state index >= 15 is 0 Å². The van der Waals surface area contributed by atoms with Crippen LogP contribution in [0.5, 0.6) is 0 Å². The van der Waals surface area contributed by atoms with E-state index in [9.17, 15) is 34.6 Å². The molecule has 1 fully saturated rings. The molecule has 0 bridgehead atoms. The molecule has 1 N–H and O–H groups in total. The Morgan fingerprint density at radius 1 is 0.971 bits per heavy atom. The summed E-state index contributed by atoms with van der Waals surface area (Å²) >= 11 is 0. The number of urea groups is 1. The first-order chi connectivity index (χ1) is 16.7. The molecule has 0 unspecified atom stereocenters. The van der Waals surface area contributed by atoms with Crippen molar-refractivity contribution < 1.29 is 28.6 Å². The van der Waals surface area contributed by atoms with E-state index in [0.29, 0.717) is 0 Å². The third-order valence-corrected chi connectivity index (χ3v) is 5.27. The number of amides is 4. The average Bonchev–Trinajstić information content (AvgIpc) is 3.30. The molecule has 2 aromatic carbocycles. The third-order valence-electron chi connectivity index (χ3n) is 5.27. The van der Waals surface area contributed by atoms with Crippen LogP contribution in [0.15, 0.2) is 64.6 Å². The maximum atomic E-state index is 13.0. The van der Waals surface area contributed by atoms with Crippen molar-refractivity contribution in [3.8, 4) is 11.3 Å². The Bertz CT molecular complexity index is 1420. The number of non-ortho nitro benzene ring substituents is 1. The predicted molar refractivity (Wildman–Crippen MR) is 122 cm³/mol. The van der Waals surface area contributed by atoms with Crippen molar-refractivity contribution in [3.05, 3.63) is 91.7 Å². The van der Waals surface area contributed by atoms with E-state index in [2.05, 4.69) is 5.32 Å². The van der Waals surface area contributed by atoms with E-state index in [-0.39, 0.29) is 28.3 Å². The van der Waals surface area contributed by atoms with Crippen LogP contribution >= 0.6 is 0 Å². The van der Waals surface area contributed by atoms with E-state index < -0.39 is 39.1 Å². The summed E-state index contributed by atoms with van der Waals surface area (Å²) in [5.41, 5.74) is -0.165. The highest BCUT2D eigenvalue weighted by Crippen LogP contribution is 2.34. The number of carbonyl (C=O) groups is 3. The van der Waals surface area contributed by atoms with E-state index in [1.54, 1.807) is 24.3 Å². The van der Waals surface area contributed by atoms with Crippen LogP contribution in [0.25, 0.3) is 17.4 Å². The number of anilines is 1. The lowest BCUT2D eigenvalue weighted by Gasteiger charge is -2.26. The van der Waals surface area contributed by atoms with Crippen LogP contribution in [0, 0.1) is 20.2 Å². The lowest BCUT2D eigenvalue weighted by atomic mass is 10.1. The fourth-order valence-electron chi connectivity index (χ4n) is 3.48. The molecule has 176 valence electrons. The zero-order chi connectivity index (χ0) is 25.3. The fourth-order valence-corrected chi connectivity index (χ4v) is 3.48. The number of benzene rings is 2. The van der Waals surface area contributed by atoms with E-state index in [1.807, 2.05) is 6.92 Å². The number of rotatable bonds is 6. The number of nitro benzene ring substituents is 2. The number of nitrogens with zero attached hydrogens (tertiary/aromatic N) is 3. The minimum atomic E-state index is -0.930. The predicted octanol–water partition coefficient (Wildman–Crippen LogP) is 3.99. The van der Waals surface area contributed by atoms with E-state index in [0.717, 1.165) is 35.1 Å². The highest BCUT2D eigenvalue weighted by molar-refractivity contribution is 6.39. The Labute approximate surface area is 196 Å². The van der Waals surface area contributed by atoms with E-state index in [4.69, 9.17) is 4.42 Å². The summed E-state index contributed by atoms with van der Waals surface area (Å²) in [4.78, 5) is 59.4. The Balaban J connectivity index is 1.69. The van der Waals surface area contributed by atoms with Crippen LogP contribution in [0.4, 0.5) is 21.9 Å². The number of imide groups is 2. The van der Waals surface area contributed by atoms with Gasteiger partial charge in [0.2, 0.25) is 0 Å². The number of furan rings is 1. The third kappa shape index (κ3) is 4.39. The highest BCUT2D eigenvalue weighted by atomic mass is 16.6. The second kappa shape index (κ2) is 9.02. The average molecular weight is 476 g/mol. The van der Waals surface area contributed by atoms with Crippen LogP contribution in [-0.4, -0.2) is 27.7 Å². The molecule has 1 aliphatic rings. The first-order valence-corrected chi connectivity index (χ1v) is 10.2. The first kappa shape index (κ1) is 23.0. The molecule has 1 aliphatic heterocycles. The van der Waals surface area contributed by atoms with Crippen LogP contribution in [0.2, 0.25) is 0 Å². The van der Waals surface area contributed by atoms with Gasteiger partial charge in [0.1, 0.15) is 17.1 Å². The summed E-state index contributed by atoms with van der Waals surface area (Å²) in [7, 11) is 0. The zero-order valence-corrected chi connectivity index (χ0v) is 18.1. The molecule has 4 amide bonds. The monoisotopic (exact) mass is 476 g/mol. The van der Waals surface area contributed by atoms with Gasteiger partial charge < -0.3 is 4.42 Å². The molecule has 12 heteroatoms. The maximum absolute atomic E-state index is 13.0. The van der Waals surface area contributed by atoms with Crippen molar-refractivity contribution in [2.75, 3.05) is 4.90 Å². The fraction of sp³-hybridized carbons (Fsp3) is 0.0870. The molecule has 3 aromatic rings. The molecule has 0 atom stereocenters. The molecule has 0 aliphatic carbocycles. The van der Waals surface area contributed by atoms with Gasteiger partial charge in [-0.25, -0.2) is 9.69 Å². The number of hydrogen-bond donors (Lipinski definition) is 1. The number of carbonyl (C=O) groups excluding carboxylic acids is 3. The van der Waals surface area contributed by atoms with Gasteiger partial charge in [0, 0.05) is 6.07 Å². The SMILES string of the molecule is CCc1ccc(N2C(=O)NC(=O)/C(=C/c3ccc(-c4ccc([N+](=O)[O-])cc4[N+](=O)[O-])o3)C2=O)cc1. The molecule has 35 heavy (non-hydrogen) atoms. The van der Waals surface area contributed by atoms with Gasteiger partial charge in [0.05, 0.1) is 27.2 Å². The van der Waals surface area contributed by atoms with Gasteiger partial charge in [-0.05, 0) is 48.4 Å². The number of barbiturate groups is 1. The number of aryl methyl sites for hydroxylation is 1. The van der Waals surface area contributed by atoms with Crippen LogP contribution in [0.3, 0.4) is 0 Å². The Kier molecular flexibility index (Phi) is 5.94. The topological polar surface area (TPSA) is 166 Å². The van der Waals surface area contributed by atoms with Gasteiger partial charge in [-0.1, -0.05) is 19.1 Å². The Morgan fingerprint density at radius 3 is 2.31 bits per heavy atom. The first-order valence-electron chi connectivity index (χ1n) is 10.2. The number of nitrogens with one attached hydrogen (secondary N) is 1. The quantitative estimate of drug-likeness (QED) is 0.241. The van der Waals surface area contributed by atoms with Crippen molar-refractivity contribution in [1.82, 2.24) is 5.32 Å². The van der Waals surface area contributed by atoms with Gasteiger partial charge in [0.25, 0.3) is 23.2 Å². The van der Waals surface area contributed by atoms with Crippen molar-refractivity contribution in [3.63, 3.8) is 0 Å². The molecule has 12 nitrogen and oxygen atoms in total. The van der Waals surface area contributed by atoms with Crippen LogP contribution in [-0.2, 0) is 16.0 Å². The Morgan fingerprint density at radius 2 is 1.69 bits per heavy atom. The van der Waals surface area contributed by atoms with E-state index in [1.165, 1.54) is 18.2 Å². The summed E-state index contributed by atoms with van der Waals surface area (Å²) in [6.45, 7) is 1.95. The normalized spacial score (nSPS) is 14.8. The lowest BCUT2D eigenvalue weighted by molar-refractivity contribution is -0.393. The van der Waals surface area contributed by atoms with Crippen molar-refractivity contribution >= 4 is 41.0 Å². The molecule has 0 saturated carbocycles. The molecule has 2 heterocycles. The van der Waals surface area contributed by atoms with Gasteiger partial charge in [-0.3, -0.25) is 35.1 Å². The van der Waals surface area contributed by atoms with Gasteiger partial charge in [0.15, 0.2) is 0 Å². The second-order valence-electron chi connectivity index (χ2n) is 7.40. The van der Waals surface area contributed by atoms with Crippen LogP contribution < -0.4 is 10.2 Å². The summed E-state index contributed by atoms with van der Waals surface area (Å²) < 4.78 is 5.57. The molecule has 1 saturated heterocycles. The summed E-state index contributed by atoms with van der Waals surface area (Å²) in [6.07, 6.45) is 1.87. The number of nitro groups is 2. The minimum Gasteiger partial charge on any atom is -0.456 e. The molecule has 1 aromatic heterocycles. The molecule has 0 radical (unpaired) electrons. The molecular weight excluding hydrogens is 460 g/mol. The smallest absolute Gasteiger partial charge is 0.335 e. The van der Waals surface area contributed by atoms with Crippen molar-refractivity contribution in [2.24, 2.45) is 0 Å². The standard InChI is InChI=1S/C23H16N4O8/c1-2-13-3-5-14(6-4-13)25-22(29)18(21(28)24-23(25)30)12-16-8-10-20(35-16)17-9-7-15(26(31)32)11-19(17)27(33)34/h3-12H,2H2,1H3,(H,24,28,30)/b18-12-. The summed E-state index contributed by atoms with van der Waals surface area (Å²) in [5, 5.41) is 24.5. The largest absolute Gasteiger partial charge is 0.456 e. The second-order valence-corrected chi connectivity index (χ2v) is 7.40. The van der Waals surface area contributed by atoms with Crippen molar-refractivity contribution in [1.29, 1.82) is 0 Å². The summed E-state index contributed by atoms with van der Waals surface area (Å²) in [6, 6.07) is 11.6. The van der Waals surface area contributed by atoms with Gasteiger partial charge >= 0.3 is 6.03 Å². The summed E-state index contributed by atoms with van der Waals surface area (Å²) in [5.74, 6) is -1.81. The van der Waals surface area contributed by atoms with Gasteiger partial charge in [-0.2, -0.15) is 0 Å².